The van der Waals surface area contributed by atoms with E-state index >= 15 is 0 Å². The van der Waals surface area contributed by atoms with Crippen LogP contribution in [0.5, 0.6) is 17.2 Å². The van der Waals surface area contributed by atoms with Gasteiger partial charge in [-0.25, -0.2) is 0 Å². The normalized spacial score (nSPS) is 15.4. The van der Waals surface area contributed by atoms with Crippen LogP contribution >= 0.6 is 11.8 Å². The van der Waals surface area contributed by atoms with Crippen LogP contribution in [-0.2, 0) is 17.6 Å². The number of carboxylic acid groups (broad SMARTS) is 1. The molecule has 37 heavy (non-hydrogen) atoms. The first-order valence-corrected chi connectivity index (χ1v) is 13.2. The highest BCUT2D eigenvalue weighted by Crippen LogP contribution is 2.38. The lowest BCUT2D eigenvalue weighted by Gasteiger charge is -2.21. The zero-order valence-corrected chi connectivity index (χ0v) is 22.5. The molecule has 0 aromatic heterocycles. The predicted octanol–water partition coefficient (Wildman–Crippen LogP) is 6.36. The number of ether oxygens (including phenoxy) is 2. The lowest BCUT2D eigenvalue weighted by molar-refractivity contribution is -0.137. The highest BCUT2D eigenvalue weighted by Gasteiger charge is 2.19. The van der Waals surface area contributed by atoms with Crippen molar-refractivity contribution in [2.24, 2.45) is 0 Å². The Morgan fingerprint density at radius 1 is 1.08 bits per heavy atom. The number of aromatic hydroxyl groups is 1. The number of rotatable bonds is 17. The monoisotopic (exact) mass is 538 g/mol. The number of carboxylic acids is 1. The molecular weight excluding hydrogens is 492 g/mol. The molecular formula is C29H40O7S. The van der Waals surface area contributed by atoms with Crippen molar-refractivity contribution in [2.75, 3.05) is 18.9 Å². The van der Waals surface area contributed by atoms with Gasteiger partial charge in [0.15, 0.2) is 5.78 Å². The van der Waals surface area contributed by atoms with E-state index in [9.17, 15) is 19.8 Å². The number of thioether (sulfide) groups is 1. The first-order valence-electron chi connectivity index (χ1n) is 15.3. The molecule has 0 saturated carbocycles. The van der Waals surface area contributed by atoms with Crippen molar-refractivity contribution in [3.63, 3.8) is 0 Å². The van der Waals surface area contributed by atoms with Gasteiger partial charge in [-0.3, -0.25) is 9.59 Å². The molecule has 204 valence electrons. The van der Waals surface area contributed by atoms with E-state index in [1.165, 1.54) is 38.1 Å². The van der Waals surface area contributed by atoms with E-state index < -0.39 is 30.7 Å². The fraction of sp³-hybridized carbons (Fsp3) is 0.517. The smallest absolute Gasteiger partial charge is 0.303 e. The highest BCUT2D eigenvalue weighted by atomic mass is 32.2. The van der Waals surface area contributed by atoms with Crippen molar-refractivity contribution < 1.29 is 42.6 Å². The summed E-state index contributed by atoms with van der Waals surface area (Å²) in [4.78, 5) is 23.0. The number of carbonyl (C=O) groups is 2. The predicted molar refractivity (Wildman–Crippen MR) is 146 cm³/mol. The average molecular weight is 539 g/mol. The van der Waals surface area contributed by atoms with Crippen LogP contribution < -0.4 is 9.47 Å². The Kier molecular flexibility index (Phi) is 9.35. The third-order valence-electron chi connectivity index (χ3n) is 5.52. The summed E-state index contributed by atoms with van der Waals surface area (Å²) >= 11 is 0.393. The second kappa shape index (κ2) is 15.5. The van der Waals surface area contributed by atoms with Crippen LogP contribution in [-0.4, -0.2) is 45.9 Å². The summed E-state index contributed by atoms with van der Waals surface area (Å²) in [5, 5.41) is 30.0. The Hall–Kier alpha value is -2.71. The van der Waals surface area contributed by atoms with Crippen molar-refractivity contribution in [3.8, 4) is 17.2 Å². The summed E-state index contributed by atoms with van der Waals surface area (Å²) < 4.78 is 63.1. The van der Waals surface area contributed by atoms with Gasteiger partial charge in [-0.2, -0.15) is 0 Å². The van der Waals surface area contributed by atoms with E-state index in [0.717, 1.165) is 0 Å². The number of aliphatic carboxylic acids is 1. The molecule has 2 aromatic rings. The molecule has 7 nitrogen and oxygen atoms in total. The number of benzene rings is 2. The Balaban J connectivity index is 2.51. The van der Waals surface area contributed by atoms with E-state index in [0.29, 0.717) is 35.7 Å². The molecule has 0 amide bonds. The molecule has 0 bridgehead atoms. The lowest BCUT2D eigenvalue weighted by atomic mass is 10.0. The number of aliphatic hydroxyl groups is 1. The number of hydrogen-bond acceptors (Lipinski definition) is 7. The minimum Gasteiger partial charge on any atom is -0.507 e. The molecule has 0 saturated heterocycles. The SMILES string of the molecule is [2H]C([2H])(Oc1ccc(C(C)O)c(OCCCC(=O)O)c1CCC)C([2H])([2H])C([2H])([2H])Sc1ccc(C(C)=O)c(O)c1CCC. The van der Waals surface area contributed by atoms with Gasteiger partial charge in [0.1, 0.15) is 17.2 Å². The van der Waals surface area contributed by atoms with Gasteiger partial charge < -0.3 is 24.8 Å². The van der Waals surface area contributed by atoms with E-state index in [2.05, 4.69) is 0 Å². The first kappa shape index (κ1) is 22.3. The molecule has 0 aliphatic carbocycles. The Morgan fingerprint density at radius 3 is 2.41 bits per heavy atom. The second-order valence-electron chi connectivity index (χ2n) is 8.51. The topological polar surface area (TPSA) is 113 Å². The Bertz CT molecular complexity index is 1300. The largest absolute Gasteiger partial charge is 0.507 e. The summed E-state index contributed by atoms with van der Waals surface area (Å²) in [5.74, 6) is -1.62. The average Bonchev–Trinajstić information content (AvgIpc) is 2.89. The van der Waals surface area contributed by atoms with Gasteiger partial charge >= 0.3 is 5.97 Å². The first-order chi connectivity index (χ1) is 19.9. The van der Waals surface area contributed by atoms with Crippen LogP contribution in [0.2, 0.25) is 0 Å². The third-order valence-corrected chi connectivity index (χ3v) is 6.33. The summed E-state index contributed by atoms with van der Waals surface area (Å²) in [6.07, 6.45) is -2.57. The van der Waals surface area contributed by atoms with Gasteiger partial charge in [-0.15, -0.1) is 11.8 Å². The second-order valence-corrected chi connectivity index (χ2v) is 9.36. The van der Waals surface area contributed by atoms with Gasteiger partial charge in [0.25, 0.3) is 0 Å². The van der Waals surface area contributed by atoms with Crippen LogP contribution in [0, 0.1) is 0 Å². The zero-order valence-electron chi connectivity index (χ0n) is 27.7. The minimum absolute atomic E-state index is 0.00550. The summed E-state index contributed by atoms with van der Waals surface area (Å²) in [7, 11) is 0. The Labute approximate surface area is 232 Å². The maximum Gasteiger partial charge on any atom is 0.303 e. The van der Waals surface area contributed by atoms with Crippen molar-refractivity contribution >= 4 is 23.5 Å². The third kappa shape index (κ3) is 8.97. The molecule has 2 aromatic carbocycles. The number of aliphatic hydroxyl groups excluding tert-OH is 1. The molecule has 8 heteroatoms. The van der Waals surface area contributed by atoms with Crippen molar-refractivity contribution in [3.05, 3.63) is 46.5 Å². The number of Topliss-reactive ketones (excluding diaryl/α,β-unsaturated/α-hetero) is 1. The van der Waals surface area contributed by atoms with Gasteiger partial charge in [0, 0.05) is 39.2 Å². The van der Waals surface area contributed by atoms with E-state index in [4.69, 9.17) is 22.8 Å². The van der Waals surface area contributed by atoms with Crippen LogP contribution in [0.1, 0.15) is 101 Å². The molecule has 2 rings (SSSR count). The summed E-state index contributed by atoms with van der Waals surface area (Å²) in [5.41, 5.74) is -1.91. The molecule has 3 N–H and O–H groups in total. The molecule has 0 radical (unpaired) electrons. The van der Waals surface area contributed by atoms with E-state index in [1.54, 1.807) is 0 Å². The van der Waals surface area contributed by atoms with Crippen LogP contribution in [0.25, 0.3) is 0 Å². The standard InChI is InChI=1S/C29H40O7S/c1-5-9-23-25(14-12-22(20(4)31)29(23)36-16-7-11-27(32)33)35-17-8-18-37-26-15-13-21(19(3)30)28(34)24(26)10-6-2/h12-15,20,31,34H,5-11,16-18H2,1-4H3,(H,32,33)/i8D2,17D2,18D2. The van der Waals surface area contributed by atoms with E-state index in [1.807, 2.05) is 13.8 Å². The van der Waals surface area contributed by atoms with Crippen molar-refractivity contribution in [2.45, 2.75) is 83.6 Å². The molecule has 0 aliphatic heterocycles. The minimum atomic E-state index is -3.27. The van der Waals surface area contributed by atoms with Gasteiger partial charge in [-0.05, 0) is 63.7 Å². The van der Waals surface area contributed by atoms with Crippen LogP contribution in [0.3, 0.4) is 0 Å². The fourth-order valence-electron chi connectivity index (χ4n) is 3.78. The molecule has 0 aliphatic rings. The van der Waals surface area contributed by atoms with Crippen molar-refractivity contribution in [1.29, 1.82) is 0 Å². The number of phenols is 1. The van der Waals surface area contributed by atoms with Gasteiger partial charge in [0.2, 0.25) is 0 Å². The zero-order chi connectivity index (χ0) is 32.8. The fourth-order valence-corrected chi connectivity index (χ4v) is 4.44. The van der Waals surface area contributed by atoms with Crippen LogP contribution in [0.15, 0.2) is 29.2 Å². The molecule has 1 atom stereocenters. The number of carbonyl (C=O) groups excluding carboxylic acids is 1. The van der Waals surface area contributed by atoms with Gasteiger partial charge in [-0.1, -0.05) is 26.7 Å². The maximum absolute atomic E-state index is 11.9. The maximum atomic E-state index is 11.9. The molecule has 0 spiro atoms. The Morgan fingerprint density at radius 2 is 1.78 bits per heavy atom. The van der Waals surface area contributed by atoms with E-state index in [-0.39, 0.29) is 71.3 Å². The van der Waals surface area contributed by atoms with Crippen LogP contribution in [0.4, 0.5) is 0 Å². The number of ketones is 1. The number of phenolic OH excluding ortho intramolecular Hbond substituents is 1. The quantitative estimate of drug-likeness (QED) is 0.121. The summed E-state index contributed by atoms with van der Waals surface area (Å²) in [6.45, 7) is 3.23. The van der Waals surface area contributed by atoms with Crippen molar-refractivity contribution in [1.82, 2.24) is 0 Å². The molecule has 1 unspecified atom stereocenters. The lowest BCUT2D eigenvalue weighted by Crippen LogP contribution is -2.09. The summed E-state index contributed by atoms with van der Waals surface area (Å²) in [6, 6.07) is 5.55. The molecule has 0 heterocycles. The molecule has 0 fully saturated rings. The van der Waals surface area contributed by atoms with Gasteiger partial charge in [0.05, 0.1) is 27.6 Å². The highest BCUT2D eigenvalue weighted by molar-refractivity contribution is 7.99. The number of hydrogen-bond donors (Lipinski definition) is 3.